The number of piperidine rings is 1. The Morgan fingerprint density at radius 1 is 0.909 bits per heavy atom. The lowest BCUT2D eigenvalue weighted by Gasteiger charge is -2.42. The molecular weight excluding hydrogens is 554 g/mol. The normalized spacial score (nSPS) is 17.7. The minimum absolute atomic E-state index is 0.118. The number of unbranched alkanes of at least 4 members (excludes halogenated alkanes) is 1. The van der Waals surface area contributed by atoms with Gasteiger partial charge in [-0.05, 0) is 76.3 Å². The van der Waals surface area contributed by atoms with Crippen molar-refractivity contribution in [2.24, 2.45) is 0 Å². The van der Waals surface area contributed by atoms with Gasteiger partial charge in [-0.25, -0.2) is 14.2 Å². The van der Waals surface area contributed by atoms with E-state index in [1.807, 2.05) is 18.2 Å². The number of benzene rings is 3. The molecule has 232 valence electrons. The van der Waals surface area contributed by atoms with E-state index in [4.69, 9.17) is 4.74 Å². The molecule has 3 aromatic carbocycles. The predicted octanol–water partition coefficient (Wildman–Crippen LogP) is 4.90. The average molecular weight is 598 g/mol. The number of aryl methyl sites for hydroxylation is 1. The van der Waals surface area contributed by atoms with E-state index in [1.165, 1.54) is 11.1 Å². The molecule has 1 saturated heterocycles. The van der Waals surface area contributed by atoms with Crippen LogP contribution < -0.4 is 11.2 Å². The minimum atomic E-state index is -1.46. The van der Waals surface area contributed by atoms with Crippen LogP contribution in [0.4, 0.5) is 0 Å². The van der Waals surface area contributed by atoms with Gasteiger partial charge < -0.3 is 9.84 Å². The third-order valence-corrected chi connectivity index (χ3v) is 8.90. The largest absolute Gasteiger partial charge is 0.464 e. The van der Waals surface area contributed by atoms with Crippen LogP contribution in [0.1, 0.15) is 63.5 Å². The zero-order chi connectivity index (χ0) is 31.3. The van der Waals surface area contributed by atoms with Gasteiger partial charge in [0.15, 0.2) is 0 Å². The second kappa shape index (κ2) is 13.7. The molecule has 2 atom stereocenters. The van der Waals surface area contributed by atoms with E-state index in [9.17, 15) is 19.5 Å². The summed E-state index contributed by atoms with van der Waals surface area (Å²) >= 11 is 0. The highest BCUT2D eigenvalue weighted by atomic mass is 16.5. The fraction of sp³-hybridized carbons (Fsp3) is 0.417. The lowest BCUT2D eigenvalue weighted by Crippen LogP contribution is -2.53. The molecule has 1 N–H and O–H groups in total. The standard InChI is InChI=1S/C36H43N3O5/c1-4-44-34(42)36(2,3)39-33(41)29-19-11-12-20-30(29)38(35(39)43)23-14-13-22-37-24-21-28(40)25-31(37)32(26-15-7-5-8-16-26)27-17-9-6-10-18-27/h5-12,15-20,28,31-32,40H,4,13-14,21-25H2,1-3H3. The molecule has 8 nitrogen and oxygen atoms in total. The number of aliphatic hydroxyl groups is 1. The Bertz CT molecular complexity index is 1640. The summed E-state index contributed by atoms with van der Waals surface area (Å²) < 4.78 is 7.88. The Morgan fingerprint density at radius 2 is 1.50 bits per heavy atom. The molecule has 0 spiro atoms. The van der Waals surface area contributed by atoms with Crippen LogP contribution in [0.15, 0.2) is 94.5 Å². The lowest BCUT2D eigenvalue weighted by molar-refractivity contribution is -0.152. The molecule has 0 bridgehead atoms. The summed E-state index contributed by atoms with van der Waals surface area (Å²) in [7, 11) is 0. The summed E-state index contributed by atoms with van der Waals surface area (Å²) in [5, 5.41) is 11.1. The zero-order valence-corrected chi connectivity index (χ0v) is 25.9. The highest BCUT2D eigenvalue weighted by molar-refractivity contribution is 5.80. The number of carbonyl (C=O) groups is 1. The number of likely N-dealkylation sites (tertiary alicyclic amines) is 1. The van der Waals surface area contributed by atoms with Gasteiger partial charge in [0.05, 0.1) is 23.6 Å². The summed E-state index contributed by atoms with van der Waals surface area (Å²) in [4.78, 5) is 42.6. The molecule has 2 unspecified atom stereocenters. The Kier molecular flexibility index (Phi) is 9.81. The first kappa shape index (κ1) is 31.4. The number of esters is 1. The molecule has 2 heterocycles. The number of nitrogens with zero attached hydrogens (tertiary/aromatic N) is 3. The van der Waals surface area contributed by atoms with Crippen molar-refractivity contribution >= 4 is 16.9 Å². The SMILES string of the molecule is CCOC(=O)C(C)(C)n1c(=O)c2ccccc2n(CCCCN2CCC(O)CC2C(c2ccccc2)c2ccccc2)c1=O. The van der Waals surface area contributed by atoms with Gasteiger partial charge >= 0.3 is 11.7 Å². The molecule has 1 fully saturated rings. The summed E-state index contributed by atoms with van der Waals surface area (Å²) in [6.07, 6.45) is 2.59. The van der Waals surface area contributed by atoms with Crippen LogP contribution in [-0.4, -0.2) is 57.0 Å². The topological polar surface area (TPSA) is 93.8 Å². The van der Waals surface area contributed by atoms with Crippen molar-refractivity contribution in [2.45, 2.75) is 76.6 Å². The molecule has 1 aliphatic heterocycles. The summed E-state index contributed by atoms with van der Waals surface area (Å²) in [6, 6.07) is 28.2. The number of hydrogen-bond acceptors (Lipinski definition) is 6. The van der Waals surface area contributed by atoms with Crippen molar-refractivity contribution in [3.05, 3.63) is 117 Å². The van der Waals surface area contributed by atoms with Crippen LogP contribution in [0.5, 0.6) is 0 Å². The number of carbonyl (C=O) groups excluding carboxylic acids is 1. The van der Waals surface area contributed by atoms with Crippen LogP contribution in [0.25, 0.3) is 10.9 Å². The lowest BCUT2D eigenvalue weighted by atomic mass is 9.79. The van der Waals surface area contributed by atoms with E-state index < -0.39 is 22.8 Å². The monoisotopic (exact) mass is 597 g/mol. The Morgan fingerprint density at radius 3 is 2.14 bits per heavy atom. The number of rotatable bonds is 11. The van der Waals surface area contributed by atoms with E-state index in [2.05, 4.69) is 53.4 Å². The Balaban J connectivity index is 1.39. The number of hydrogen-bond donors (Lipinski definition) is 1. The molecule has 5 rings (SSSR count). The molecule has 0 radical (unpaired) electrons. The maximum absolute atomic E-state index is 13.8. The first-order valence-corrected chi connectivity index (χ1v) is 15.7. The smallest absolute Gasteiger partial charge is 0.332 e. The van der Waals surface area contributed by atoms with Crippen LogP contribution in [0.3, 0.4) is 0 Å². The quantitative estimate of drug-likeness (QED) is 0.195. The maximum atomic E-state index is 13.8. The highest BCUT2D eigenvalue weighted by Crippen LogP contribution is 2.36. The van der Waals surface area contributed by atoms with Gasteiger partial charge in [-0.3, -0.25) is 14.3 Å². The van der Waals surface area contributed by atoms with Crippen LogP contribution >= 0.6 is 0 Å². The van der Waals surface area contributed by atoms with Crippen molar-refractivity contribution in [1.82, 2.24) is 14.0 Å². The molecule has 44 heavy (non-hydrogen) atoms. The van der Waals surface area contributed by atoms with Gasteiger partial charge in [0.1, 0.15) is 5.54 Å². The number of fused-ring (bicyclic) bond motifs is 1. The number of ether oxygens (including phenoxy) is 1. The van der Waals surface area contributed by atoms with E-state index in [0.29, 0.717) is 30.3 Å². The molecule has 4 aromatic rings. The van der Waals surface area contributed by atoms with Gasteiger partial charge in [0.2, 0.25) is 0 Å². The molecular formula is C36H43N3O5. The summed E-state index contributed by atoms with van der Waals surface area (Å²) in [6.45, 7) is 6.97. The van der Waals surface area contributed by atoms with Gasteiger partial charge in [-0.1, -0.05) is 72.8 Å². The first-order valence-electron chi connectivity index (χ1n) is 15.7. The van der Waals surface area contributed by atoms with Crippen LogP contribution in [-0.2, 0) is 21.6 Å². The van der Waals surface area contributed by atoms with Crippen LogP contribution in [0.2, 0.25) is 0 Å². The third kappa shape index (κ3) is 6.42. The van der Waals surface area contributed by atoms with Gasteiger partial charge in [0, 0.05) is 25.0 Å². The molecule has 0 amide bonds. The van der Waals surface area contributed by atoms with E-state index in [0.717, 1.165) is 30.5 Å². The van der Waals surface area contributed by atoms with Gasteiger partial charge in [0.25, 0.3) is 5.56 Å². The highest BCUT2D eigenvalue weighted by Gasteiger charge is 2.36. The third-order valence-electron chi connectivity index (χ3n) is 8.90. The maximum Gasteiger partial charge on any atom is 0.332 e. The molecule has 1 aliphatic rings. The Labute approximate surface area is 258 Å². The summed E-state index contributed by atoms with van der Waals surface area (Å²) in [5.74, 6) is -0.502. The number of para-hydroxylation sites is 1. The second-order valence-corrected chi connectivity index (χ2v) is 12.2. The molecule has 1 aromatic heterocycles. The second-order valence-electron chi connectivity index (χ2n) is 12.2. The molecule has 0 saturated carbocycles. The van der Waals surface area contributed by atoms with Crippen LogP contribution in [0, 0.1) is 0 Å². The van der Waals surface area contributed by atoms with Crippen molar-refractivity contribution in [3.63, 3.8) is 0 Å². The number of aromatic nitrogens is 2. The predicted molar refractivity (Wildman–Crippen MR) is 173 cm³/mol. The number of aliphatic hydroxyl groups excluding tert-OH is 1. The van der Waals surface area contributed by atoms with Crippen molar-refractivity contribution in [3.8, 4) is 0 Å². The fourth-order valence-corrected chi connectivity index (χ4v) is 6.62. The zero-order valence-electron chi connectivity index (χ0n) is 25.9. The minimum Gasteiger partial charge on any atom is -0.464 e. The van der Waals surface area contributed by atoms with E-state index >= 15 is 0 Å². The molecule has 8 heteroatoms. The van der Waals surface area contributed by atoms with Gasteiger partial charge in [-0.15, -0.1) is 0 Å². The van der Waals surface area contributed by atoms with Crippen molar-refractivity contribution < 1.29 is 14.6 Å². The molecule has 0 aliphatic carbocycles. The van der Waals surface area contributed by atoms with E-state index in [-0.39, 0.29) is 24.7 Å². The first-order chi connectivity index (χ1) is 21.2. The van der Waals surface area contributed by atoms with Gasteiger partial charge in [-0.2, -0.15) is 0 Å². The van der Waals surface area contributed by atoms with Crippen molar-refractivity contribution in [1.29, 1.82) is 0 Å². The van der Waals surface area contributed by atoms with Crippen molar-refractivity contribution in [2.75, 3.05) is 19.7 Å². The Hall–Kier alpha value is -4.01. The van der Waals surface area contributed by atoms with E-state index in [1.54, 1.807) is 43.5 Å². The average Bonchev–Trinajstić information content (AvgIpc) is 3.03. The fourth-order valence-electron chi connectivity index (χ4n) is 6.62. The summed E-state index contributed by atoms with van der Waals surface area (Å²) in [5.41, 5.74) is 0.549.